The van der Waals surface area contributed by atoms with Crippen molar-refractivity contribution in [3.8, 4) is 22.4 Å². The number of benzene rings is 2. The molecule has 0 N–H and O–H groups in total. The number of hydrogen-bond acceptors (Lipinski definition) is 0. The molecule has 0 aliphatic heterocycles. The first-order valence-corrected chi connectivity index (χ1v) is 8.57. The van der Waals surface area contributed by atoms with Crippen LogP contribution in [-0.2, 0) is 12.5 Å². The molecule has 0 saturated heterocycles. The summed E-state index contributed by atoms with van der Waals surface area (Å²) in [7, 11) is 2.09. The molecule has 2 nitrogen and oxygen atoms in total. The first kappa shape index (κ1) is 15.6. The molecule has 2 aromatic carbocycles. The highest BCUT2D eigenvalue weighted by atomic mass is 14.9. The van der Waals surface area contributed by atoms with E-state index in [0.717, 1.165) is 11.3 Å². The summed E-state index contributed by atoms with van der Waals surface area (Å²) in [6.07, 6.45) is 2.09. The fourth-order valence-electron chi connectivity index (χ4n) is 4.33. The van der Waals surface area contributed by atoms with Crippen LogP contribution < -0.4 is 4.57 Å². The Balaban J connectivity index is 2.14. The molecular weight excluding hydrogens is 304 g/mol. The summed E-state index contributed by atoms with van der Waals surface area (Å²) < 4.78 is 2.18. The molecule has 0 amide bonds. The highest BCUT2D eigenvalue weighted by molar-refractivity contribution is 5.91. The van der Waals surface area contributed by atoms with Crippen LogP contribution in [0.25, 0.3) is 27.2 Å². The maximum absolute atomic E-state index is 7.61. The molecule has 122 valence electrons. The quantitative estimate of drug-likeness (QED) is 0.421. The molecule has 0 saturated carbocycles. The van der Waals surface area contributed by atoms with Crippen LogP contribution in [0, 0.1) is 13.5 Å². The topological polar surface area (TPSA) is 8.24 Å². The third-order valence-corrected chi connectivity index (χ3v) is 5.43. The van der Waals surface area contributed by atoms with Crippen molar-refractivity contribution in [2.75, 3.05) is 0 Å². The molecule has 0 unspecified atom stereocenters. The maximum atomic E-state index is 7.61. The summed E-state index contributed by atoms with van der Waals surface area (Å²) >= 11 is 0. The summed E-state index contributed by atoms with van der Waals surface area (Å²) in [6, 6.07) is 16.8. The summed E-state index contributed by atoms with van der Waals surface area (Å²) in [4.78, 5) is 3.81. The number of fused-ring (bicyclic) bond motifs is 3. The SMILES string of the molecule is [C-]#[N+]c1cccc2c1C(C)(C)c1c-2ccc(C)c1-c1cccc[n+]1C. The Morgan fingerprint density at radius 3 is 2.40 bits per heavy atom. The Labute approximate surface area is 149 Å². The summed E-state index contributed by atoms with van der Waals surface area (Å²) in [5.41, 5.74) is 9.29. The highest BCUT2D eigenvalue weighted by Crippen LogP contribution is 2.55. The van der Waals surface area contributed by atoms with Crippen LogP contribution in [0.5, 0.6) is 0 Å². The number of aromatic nitrogens is 1. The van der Waals surface area contributed by atoms with Crippen molar-refractivity contribution in [3.05, 3.63) is 82.8 Å². The monoisotopic (exact) mass is 325 g/mol. The van der Waals surface area contributed by atoms with Gasteiger partial charge in [0.05, 0.1) is 12.1 Å². The molecule has 0 bridgehead atoms. The van der Waals surface area contributed by atoms with E-state index in [2.05, 4.69) is 79.8 Å². The molecule has 0 atom stereocenters. The normalized spacial score (nSPS) is 13.9. The molecule has 4 rings (SSSR count). The molecule has 1 heterocycles. The van der Waals surface area contributed by atoms with E-state index in [4.69, 9.17) is 6.57 Å². The van der Waals surface area contributed by atoms with Crippen molar-refractivity contribution in [2.24, 2.45) is 7.05 Å². The Morgan fingerprint density at radius 2 is 1.68 bits per heavy atom. The highest BCUT2D eigenvalue weighted by Gasteiger charge is 2.40. The zero-order chi connectivity index (χ0) is 17.8. The third-order valence-electron chi connectivity index (χ3n) is 5.43. The first-order valence-electron chi connectivity index (χ1n) is 8.57. The molecule has 2 heteroatoms. The minimum Gasteiger partial charge on any atom is -0.238 e. The fourth-order valence-corrected chi connectivity index (χ4v) is 4.33. The van der Waals surface area contributed by atoms with Crippen LogP contribution in [0.1, 0.15) is 30.5 Å². The average molecular weight is 325 g/mol. The standard InChI is InChI=1S/C23H21N2/c1-15-12-13-17-16-9-8-10-18(24-4)21(16)23(2,3)22(17)20(15)19-11-6-7-14-25(19)5/h6-14H,1-3,5H3/q+1. The Hall–Kier alpha value is -2.92. The molecule has 3 aromatic rings. The van der Waals surface area contributed by atoms with E-state index in [-0.39, 0.29) is 5.41 Å². The largest absolute Gasteiger partial charge is 0.238 e. The van der Waals surface area contributed by atoms with Gasteiger partial charge >= 0.3 is 0 Å². The molecule has 0 fully saturated rings. The third kappa shape index (κ3) is 2.06. The van der Waals surface area contributed by atoms with Crippen LogP contribution in [-0.4, -0.2) is 0 Å². The second kappa shape index (κ2) is 5.29. The lowest BCUT2D eigenvalue weighted by Gasteiger charge is -2.25. The average Bonchev–Trinajstić information content (AvgIpc) is 2.84. The van der Waals surface area contributed by atoms with Gasteiger partial charge in [-0.1, -0.05) is 44.2 Å². The smallest absolute Gasteiger partial charge is 0.212 e. The van der Waals surface area contributed by atoms with E-state index < -0.39 is 0 Å². The van der Waals surface area contributed by atoms with Crippen LogP contribution in [0.15, 0.2) is 54.7 Å². The molecule has 1 aliphatic carbocycles. The number of rotatable bonds is 1. The van der Waals surface area contributed by atoms with Gasteiger partial charge in [0.2, 0.25) is 5.69 Å². The van der Waals surface area contributed by atoms with Crippen molar-refractivity contribution in [1.29, 1.82) is 0 Å². The van der Waals surface area contributed by atoms with Gasteiger partial charge in [0.25, 0.3) is 0 Å². The van der Waals surface area contributed by atoms with E-state index in [0.29, 0.717) is 0 Å². The van der Waals surface area contributed by atoms with Crippen LogP contribution >= 0.6 is 0 Å². The molecule has 25 heavy (non-hydrogen) atoms. The summed E-state index contributed by atoms with van der Waals surface area (Å²) in [6.45, 7) is 14.3. The number of aryl methyl sites for hydroxylation is 2. The summed E-state index contributed by atoms with van der Waals surface area (Å²) in [5.74, 6) is 0. The molecule has 1 aliphatic rings. The maximum Gasteiger partial charge on any atom is 0.212 e. The van der Waals surface area contributed by atoms with Gasteiger partial charge in [0.1, 0.15) is 7.05 Å². The van der Waals surface area contributed by atoms with E-state index in [9.17, 15) is 0 Å². The second-order valence-electron chi connectivity index (χ2n) is 7.31. The van der Waals surface area contributed by atoms with Gasteiger partial charge in [-0.25, -0.2) is 9.41 Å². The van der Waals surface area contributed by atoms with Crippen molar-refractivity contribution >= 4 is 5.69 Å². The second-order valence-corrected chi connectivity index (χ2v) is 7.31. The Kier molecular flexibility index (Phi) is 3.30. The van der Waals surface area contributed by atoms with Crippen molar-refractivity contribution in [3.63, 3.8) is 0 Å². The van der Waals surface area contributed by atoms with Crippen LogP contribution in [0.3, 0.4) is 0 Å². The summed E-state index contributed by atoms with van der Waals surface area (Å²) in [5, 5.41) is 0. The minimum atomic E-state index is -0.198. The molecule has 1 aromatic heterocycles. The lowest BCUT2D eigenvalue weighted by atomic mass is 9.78. The lowest BCUT2D eigenvalue weighted by Crippen LogP contribution is -2.31. The van der Waals surface area contributed by atoms with E-state index >= 15 is 0 Å². The zero-order valence-electron chi connectivity index (χ0n) is 15.1. The van der Waals surface area contributed by atoms with Gasteiger partial charge in [0, 0.05) is 17.5 Å². The first-order chi connectivity index (χ1) is 12.0. The van der Waals surface area contributed by atoms with Gasteiger partial charge < -0.3 is 0 Å². The van der Waals surface area contributed by atoms with Crippen LogP contribution in [0.4, 0.5) is 5.69 Å². The number of nitrogens with zero attached hydrogens (tertiary/aromatic N) is 2. The molecular formula is C23H21N2+. The van der Waals surface area contributed by atoms with E-state index in [1.807, 2.05) is 12.1 Å². The van der Waals surface area contributed by atoms with E-state index in [1.165, 1.54) is 33.5 Å². The Bertz CT molecular complexity index is 1050. The van der Waals surface area contributed by atoms with Crippen molar-refractivity contribution < 1.29 is 4.57 Å². The van der Waals surface area contributed by atoms with Gasteiger partial charge in [-0.3, -0.25) is 0 Å². The number of pyridine rings is 1. The van der Waals surface area contributed by atoms with Gasteiger partial charge in [-0.05, 0) is 40.8 Å². The lowest BCUT2D eigenvalue weighted by molar-refractivity contribution is -0.660. The van der Waals surface area contributed by atoms with Crippen LogP contribution in [0.2, 0.25) is 0 Å². The molecule has 0 radical (unpaired) electrons. The fraction of sp³-hybridized carbons (Fsp3) is 0.217. The Morgan fingerprint density at radius 1 is 0.920 bits per heavy atom. The number of hydrogen-bond donors (Lipinski definition) is 0. The van der Waals surface area contributed by atoms with Crippen molar-refractivity contribution in [2.45, 2.75) is 26.2 Å². The molecule has 0 spiro atoms. The predicted molar refractivity (Wildman–Crippen MR) is 102 cm³/mol. The van der Waals surface area contributed by atoms with Gasteiger partial charge in [-0.15, -0.1) is 0 Å². The minimum absolute atomic E-state index is 0.198. The predicted octanol–water partition coefficient (Wildman–Crippen LogP) is 5.34. The zero-order valence-corrected chi connectivity index (χ0v) is 15.1. The van der Waals surface area contributed by atoms with Gasteiger partial charge in [-0.2, -0.15) is 0 Å². The van der Waals surface area contributed by atoms with E-state index in [1.54, 1.807) is 0 Å². The van der Waals surface area contributed by atoms with Gasteiger partial charge in [0.15, 0.2) is 11.9 Å². The van der Waals surface area contributed by atoms with Crippen molar-refractivity contribution in [1.82, 2.24) is 0 Å².